The summed E-state index contributed by atoms with van der Waals surface area (Å²) in [5.74, 6) is 0. The molecule has 0 unspecified atom stereocenters. The highest BCUT2D eigenvalue weighted by Crippen LogP contribution is 2.18. The normalized spacial score (nSPS) is 12.5. The summed E-state index contributed by atoms with van der Waals surface area (Å²) in [6, 6.07) is 19.4. The number of halogens is 1. The molecule has 1 N–H and O–H groups in total. The highest BCUT2D eigenvalue weighted by Gasteiger charge is 2.07. The Labute approximate surface area is 114 Å². The largest absolute Gasteiger partial charge is 0.410 e. The fraction of sp³-hybridized carbons (Fsp3) is 0. The second kappa shape index (κ2) is 6.17. The zero-order valence-corrected chi connectivity index (χ0v) is 11.2. The van der Waals surface area contributed by atoms with Gasteiger partial charge in [0.15, 0.2) is 0 Å². The molecule has 90 valence electrons. The van der Waals surface area contributed by atoms with Crippen molar-refractivity contribution in [2.45, 2.75) is 0 Å². The molecule has 0 aromatic heterocycles. The quantitative estimate of drug-likeness (QED) is 0.512. The molecular weight excluding hydrogens is 290 g/mol. The van der Waals surface area contributed by atoms with Gasteiger partial charge in [-0.05, 0) is 27.6 Å². The standard InChI is InChI=1S/C15H12BrNO/c16-14(11-12-7-3-1-4-8-12)15(17-18)13-9-5-2-6-10-13/h1-11,18H/b14-11-,17-15-. The first kappa shape index (κ1) is 12.6. The highest BCUT2D eigenvalue weighted by atomic mass is 79.9. The lowest BCUT2D eigenvalue weighted by Gasteiger charge is -2.03. The molecule has 0 saturated carbocycles. The van der Waals surface area contributed by atoms with Gasteiger partial charge in [-0.2, -0.15) is 0 Å². The Bertz CT molecular complexity index is 562. The first-order chi connectivity index (χ1) is 8.81. The number of oxime groups is 1. The molecule has 0 saturated heterocycles. The van der Waals surface area contributed by atoms with Crippen molar-refractivity contribution >= 4 is 27.7 Å². The molecule has 2 aromatic rings. The monoisotopic (exact) mass is 301 g/mol. The molecule has 2 rings (SSSR count). The summed E-state index contributed by atoms with van der Waals surface area (Å²) in [5.41, 5.74) is 2.42. The first-order valence-corrected chi connectivity index (χ1v) is 6.30. The molecule has 0 bridgehead atoms. The second-order valence-electron chi connectivity index (χ2n) is 3.72. The van der Waals surface area contributed by atoms with Crippen molar-refractivity contribution in [3.63, 3.8) is 0 Å². The minimum atomic E-state index is 0.513. The number of nitrogens with zero attached hydrogens (tertiary/aromatic N) is 1. The Morgan fingerprint density at radius 1 is 0.944 bits per heavy atom. The molecule has 0 spiro atoms. The van der Waals surface area contributed by atoms with Crippen molar-refractivity contribution < 1.29 is 5.21 Å². The van der Waals surface area contributed by atoms with Crippen molar-refractivity contribution in [1.29, 1.82) is 0 Å². The Balaban J connectivity index is 2.33. The van der Waals surface area contributed by atoms with Crippen LogP contribution in [0.5, 0.6) is 0 Å². The molecule has 0 aliphatic rings. The number of hydrogen-bond donors (Lipinski definition) is 1. The first-order valence-electron chi connectivity index (χ1n) is 5.51. The van der Waals surface area contributed by atoms with Crippen LogP contribution in [0.15, 0.2) is 70.3 Å². The number of benzene rings is 2. The summed E-state index contributed by atoms with van der Waals surface area (Å²) in [4.78, 5) is 0. The predicted octanol–water partition coefficient (Wildman–Crippen LogP) is 4.30. The van der Waals surface area contributed by atoms with E-state index < -0.39 is 0 Å². The smallest absolute Gasteiger partial charge is 0.124 e. The second-order valence-corrected chi connectivity index (χ2v) is 4.57. The molecule has 0 atom stereocenters. The fourth-order valence-electron chi connectivity index (χ4n) is 1.60. The Morgan fingerprint density at radius 2 is 1.50 bits per heavy atom. The molecule has 0 amide bonds. The van der Waals surface area contributed by atoms with Gasteiger partial charge in [-0.3, -0.25) is 0 Å². The van der Waals surface area contributed by atoms with Crippen molar-refractivity contribution in [2.24, 2.45) is 5.16 Å². The van der Waals surface area contributed by atoms with Gasteiger partial charge in [0.25, 0.3) is 0 Å². The Kier molecular flexibility index (Phi) is 4.31. The van der Waals surface area contributed by atoms with Crippen LogP contribution in [-0.2, 0) is 0 Å². The molecule has 2 aromatic carbocycles. The van der Waals surface area contributed by atoms with Crippen LogP contribution in [0, 0.1) is 0 Å². The average Bonchev–Trinajstić information content (AvgIpc) is 2.42. The molecular formula is C15H12BrNO. The van der Waals surface area contributed by atoms with Gasteiger partial charge < -0.3 is 5.21 Å². The minimum Gasteiger partial charge on any atom is -0.410 e. The van der Waals surface area contributed by atoms with Gasteiger partial charge in [0.1, 0.15) is 5.71 Å². The summed E-state index contributed by atoms with van der Waals surface area (Å²) in [7, 11) is 0. The third-order valence-corrected chi connectivity index (χ3v) is 3.07. The predicted molar refractivity (Wildman–Crippen MR) is 78.1 cm³/mol. The summed E-state index contributed by atoms with van der Waals surface area (Å²) >= 11 is 3.45. The third kappa shape index (κ3) is 3.08. The van der Waals surface area contributed by atoms with Gasteiger partial charge in [-0.15, -0.1) is 0 Å². The fourth-order valence-corrected chi connectivity index (χ4v) is 2.18. The summed E-state index contributed by atoms with van der Waals surface area (Å²) in [5, 5.41) is 12.5. The van der Waals surface area contributed by atoms with E-state index in [9.17, 15) is 0 Å². The molecule has 0 fully saturated rings. The van der Waals surface area contributed by atoms with Crippen LogP contribution in [-0.4, -0.2) is 10.9 Å². The Morgan fingerprint density at radius 3 is 2.06 bits per heavy atom. The van der Waals surface area contributed by atoms with Crippen LogP contribution in [0.4, 0.5) is 0 Å². The topological polar surface area (TPSA) is 32.6 Å². The van der Waals surface area contributed by atoms with Crippen LogP contribution in [0.25, 0.3) is 6.08 Å². The van der Waals surface area contributed by atoms with E-state index in [1.165, 1.54) is 0 Å². The highest BCUT2D eigenvalue weighted by molar-refractivity contribution is 9.12. The van der Waals surface area contributed by atoms with Crippen molar-refractivity contribution in [3.8, 4) is 0 Å². The van der Waals surface area contributed by atoms with Crippen molar-refractivity contribution in [1.82, 2.24) is 0 Å². The lowest BCUT2D eigenvalue weighted by molar-refractivity contribution is 0.320. The number of hydrogen-bond acceptors (Lipinski definition) is 2. The molecule has 0 aliphatic heterocycles. The summed E-state index contributed by atoms with van der Waals surface area (Å²) in [6.07, 6.45) is 1.92. The van der Waals surface area contributed by atoms with Gasteiger partial charge in [0.2, 0.25) is 0 Å². The van der Waals surface area contributed by atoms with Gasteiger partial charge in [-0.1, -0.05) is 65.8 Å². The Hall–Kier alpha value is -1.87. The average molecular weight is 302 g/mol. The molecule has 3 heteroatoms. The number of rotatable bonds is 3. The maximum Gasteiger partial charge on any atom is 0.124 e. The van der Waals surface area contributed by atoms with E-state index in [4.69, 9.17) is 5.21 Å². The lowest BCUT2D eigenvalue weighted by atomic mass is 10.1. The maximum atomic E-state index is 9.15. The zero-order valence-electron chi connectivity index (χ0n) is 9.62. The van der Waals surface area contributed by atoms with E-state index >= 15 is 0 Å². The van der Waals surface area contributed by atoms with Crippen LogP contribution in [0.2, 0.25) is 0 Å². The SMILES string of the molecule is O/N=C(\C(Br)=C\c1ccccc1)c1ccccc1. The van der Waals surface area contributed by atoms with Gasteiger partial charge in [-0.25, -0.2) is 0 Å². The van der Waals surface area contributed by atoms with E-state index in [1.807, 2.05) is 66.7 Å². The van der Waals surface area contributed by atoms with Crippen LogP contribution in [0.3, 0.4) is 0 Å². The molecule has 2 nitrogen and oxygen atoms in total. The van der Waals surface area contributed by atoms with Gasteiger partial charge in [0, 0.05) is 10.0 Å². The van der Waals surface area contributed by atoms with Crippen molar-refractivity contribution in [3.05, 3.63) is 76.3 Å². The van der Waals surface area contributed by atoms with Gasteiger partial charge >= 0.3 is 0 Å². The van der Waals surface area contributed by atoms with E-state index in [0.29, 0.717) is 5.71 Å². The minimum absolute atomic E-state index is 0.513. The maximum absolute atomic E-state index is 9.15. The van der Waals surface area contributed by atoms with Crippen LogP contribution >= 0.6 is 15.9 Å². The zero-order chi connectivity index (χ0) is 12.8. The van der Waals surface area contributed by atoms with Gasteiger partial charge in [0.05, 0.1) is 0 Å². The van der Waals surface area contributed by atoms with Crippen LogP contribution < -0.4 is 0 Å². The van der Waals surface area contributed by atoms with Crippen molar-refractivity contribution in [2.75, 3.05) is 0 Å². The molecule has 18 heavy (non-hydrogen) atoms. The number of allylic oxidation sites excluding steroid dienone is 1. The van der Waals surface area contributed by atoms with E-state index in [0.717, 1.165) is 15.6 Å². The summed E-state index contributed by atoms with van der Waals surface area (Å²) in [6.45, 7) is 0. The van der Waals surface area contributed by atoms with E-state index in [2.05, 4.69) is 21.1 Å². The van der Waals surface area contributed by atoms with E-state index in [-0.39, 0.29) is 0 Å². The van der Waals surface area contributed by atoms with Crippen LogP contribution in [0.1, 0.15) is 11.1 Å². The summed E-state index contributed by atoms with van der Waals surface area (Å²) < 4.78 is 0.738. The molecule has 0 radical (unpaired) electrons. The third-order valence-electron chi connectivity index (χ3n) is 2.47. The molecule has 0 heterocycles. The lowest BCUT2D eigenvalue weighted by Crippen LogP contribution is -2.00. The van der Waals surface area contributed by atoms with E-state index in [1.54, 1.807) is 0 Å². The molecule has 0 aliphatic carbocycles.